The highest BCUT2D eigenvalue weighted by Gasteiger charge is 2.29. The van der Waals surface area contributed by atoms with Crippen molar-refractivity contribution in [1.82, 2.24) is 10.6 Å². The summed E-state index contributed by atoms with van der Waals surface area (Å²) in [6.07, 6.45) is 9.86. The Bertz CT molecular complexity index is 297. The minimum Gasteiger partial charge on any atom is -0.353 e. The summed E-state index contributed by atoms with van der Waals surface area (Å²) in [5, 5.41) is 6.71. The van der Waals surface area contributed by atoms with Gasteiger partial charge in [0.05, 0.1) is 0 Å². The number of piperidine rings is 1. The first-order valence-corrected chi connectivity index (χ1v) is 8.71. The molecule has 0 bridgehead atoms. The molecule has 3 nitrogen and oxygen atoms in total. The predicted molar refractivity (Wildman–Crippen MR) is 83.6 cm³/mol. The molecule has 1 amide bonds. The first-order chi connectivity index (χ1) is 9.70. The zero-order chi connectivity index (χ0) is 14.4. The maximum absolute atomic E-state index is 12.4. The molecule has 2 aliphatic rings. The molecular formula is C17H32N2O. The van der Waals surface area contributed by atoms with E-state index in [4.69, 9.17) is 0 Å². The van der Waals surface area contributed by atoms with Crippen LogP contribution in [0, 0.1) is 17.8 Å². The Morgan fingerprint density at radius 1 is 1.20 bits per heavy atom. The largest absolute Gasteiger partial charge is 0.353 e. The monoisotopic (exact) mass is 280 g/mol. The Morgan fingerprint density at radius 2 is 1.95 bits per heavy atom. The lowest BCUT2D eigenvalue weighted by Gasteiger charge is -2.33. The lowest BCUT2D eigenvalue weighted by atomic mass is 9.79. The van der Waals surface area contributed by atoms with Gasteiger partial charge < -0.3 is 10.6 Å². The summed E-state index contributed by atoms with van der Waals surface area (Å²) in [5.74, 6) is 2.07. The number of carbonyl (C=O) groups excluding carboxylic acids is 1. The van der Waals surface area contributed by atoms with Crippen LogP contribution in [0.15, 0.2) is 0 Å². The van der Waals surface area contributed by atoms with E-state index in [-0.39, 0.29) is 5.92 Å². The Balaban J connectivity index is 1.71. The van der Waals surface area contributed by atoms with E-state index in [1.807, 2.05) is 0 Å². The predicted octanol–water partition coefficient (Wildman–Crippen LogP) is 3.10. The van der Waals surface area contributed by atoms with Crippen LogP contribution in [0.2, 0.25) is 0 Å². The molecule has 0 aromatic carbocycles. The van der Waals surface area contributed by atoms with Gasteiger partial charge in [-0.15, -0.1) is 0 Å². The Kier molecular flexibility index (Phi) is 6.34. The highest BCUT2D eigenvalue weighted by atomic mass is 16.1. The third kappa shape index (κ3) is 4.47. The molecule has 1 saturated carbocycles. The number of unbranched alkanes of at least 4 members (excludes halogenated alkanes) is 1. The molecule has 2 rings (SSSR count). The van der Waals surface area contributed by atoms with Crippen LogP contribution >= 0.6 is 0 Å². The van der Waals surface area contributed by atoms with Crippen molar-refractivity contribution < 1.29 is 4.79 Å². The van der Waals surface area contributed by atoms with E-state index in [2.05, 4.69) is 24.5 Å². The summed E-state index contributed by atoms with van der Waals surface area (Å²) < 4.78 is 0. The molecule has 0 spiro atoms. The second-order valence-corrected chi connectivity index (χ2v) is 6.95. The molecular weight excluding hydrogens is 248 g/mol. The van der Waals surface area contributed by atoms with Crippen molar-refractivity contribution in [3.63, 3.8) is 0 Å². The van der Waals surface area contributed by atoms with Crippen LogP contribution in [-0.4, -0.2) is 25.0 Å². The first kappa shape index (κ1) is 15.8. The molecule has 116 valence electrons. The molecule has 0 aromatic rings. The second-order valence-electron chi connectivity index (χ2n) is 6.95. The topological polar surface area (TPSA) is 41.1 Å². The Morgan fingerprint density at radius 3 is 2.60 bits per heavy atom. The van der Waals surface area contributed by atoms with Gasteiger partial charge in [-0.3, -0.25) is 4.79 Å². The molecule has 0 radical (unpaired) electrons. The van der Waals surface area contributed by atoms with Crippen LogP contribution in [0.3, 0.4) is 0 Å². The lowest BCUT2D eigenvalue weighted by Crippen LogP contribution is -2.50. The molecule has 2 unspecified atom stereocenters. The van der Waals surface area contributed by atoms with Gasteiger partial charge in [0.15, 0.2) is 0 Å². The maximum Gasteiger partial charge on any atom is 0.223 e. The van der Waals surface area contributed by atoms with E-state index in [1.165, 1.54) is 32.1 Å². The molecule has 3 heteroatoms. The Hall–Kier alpha value is -0.570. The summed E-state index contributed by atoms with van der Waals surface area (Å²) in [4.78, 5) is 12.4. The van der Waals surface area contributed by atoms with Crippen LogP contribution in [0.4, 0.5) is 0 Å². The van der Waals surface area contributed by atoms with Crippen molar-refractivity contribution in [2.24, 2.45) is 17.8 Å². The van der Waals surface area contributed by atoms with Gasteiger partial charge in [-0.2, -0.15) is 0 Å². The van der Waals surface area contributed by atoms with Gasteiger partial charge >= 0.3 is 0 Å². The average molecular weight is 280 g/mol. The minimum atomic E-state index is 0.287. The van der Waals surface area contributed by atoms with Crippen molar-refractivity contribution in [3.8, 4) is 0 Å². The molecule has 2 N–H and O–H groups in total. The third-order valence-electron chi connectivity index (χ3n) is 5.30. The third-order valence-corrected chi connectivity index (χ3v) is 5.30. The molecule has 1 saturated heterocycles. The van der Waals surface area contributed by atoms with E-state index in [9.17, 15) is 4.79 Å². The zero-order valence-electron chi connectivity index (χ0n) is 13.3. The fraction of sp³-hybridized carbons (Fsp3) is 0.941. The van der Waals surface area contributed by atoms with Gasteiger partial charge in [0, 0.05) is 12.0 Å². The van der Waals surface area contributed by atoms with Crippen molar-refractivity contribution in [3.05, 3.63) is 0 Å². The van der Waals surface area contributed by atoms with E-state index in [0.29, 0.717) is 17.9 Å². The van der Waals surface area contributed by atoms with Gasteiger partial charge in [-0.25, -0.2) is 0 Å². The molecule has 20 heavy (non-hydrogen) atoms. The number of hydrogen-bond donors (Lipinski definition) is 2. The van der Waals surface area contributed by atoms with E-state index in [0.717, 1.165) is 38.3 Å². The lowest BCUT2D eigenvalue weighted by molar-refractivity contribution is -0.127. The quantitative estimate of drug-likeness (QED) is 0.812. The van der Waals surface area contributed by atoms with Crippen LogP contribution in [0.1, 0.15) is 65.2 Å². The zero-order valence-corrected chi connectivity index (χ0v) is 13.3. The standard InChI is InChI=1S/C17H32N2O/c1-3-4-5-14-6-8-15(9-7-14)17(20)19-16-10-11-18-12-13(16)2/h13-16,18H,3-12H2,1-2H3,(H,19,20). The SMILES string of the molecule is CCCCC1CCC(C(=O)NC2CCNCC2C)CC1. The van der Waals surface area contributed by atoms with Crippen molar-refractivity contribution in [2.45, 2.75) is 71.3 Å². The van der Waals surface area contributed by atoms with Crippen molar-refractivity contribution in [2.75, 3.05) is 13.1 Å². The molecule has 1 aliphatic carbocycles. The fourth-order valence-electron chi connectivity index (χ4n) is 3.74. The summed E-state index contributed by atoms with van der Waals surface area (Å²) in [7, 11) is 0. The number of carbonyl (C=O) groups is 1. The number of hydrogen-bond acceptors (Lipinski definition) is 2. The molecule has 2 atom stereocenters. The fourth-order valence-corrected chi connectivity index (χ4v) is 3.74. The van der Waals surface area contributed by atoms with Crippen molar-refractivity contribution >= 4 is 5.91 Å². The van der Waals surface area contributed by atoms with Crippen molar-refractivity contribution in [1.29, 1.82) is 0 Å². The van der Waals surface area contributed by atoms with Crippen LogP contribution in [0.5, 0.6) is 0 Å². The summed E-state index contributed by atoms with van der Waals surface area (Å²) in [6.45, 7) is 6.58. The molecule has 1 aliphatic heterocycles. The van der Waals surface area contributed by atoms with E-state index < -0.39 is 0 Å². The van der Waals surface area contributed by atoms with Gasteiger partial charge in [0.25, 0.3) is 0 Å². The number of nitrogens with one attached hydrogen (secondary N) is 2. The smallest absolute Gasteiger partial charge is 0.223 e. The average Bonchev–Trinajstić information content (AvgIpc) is 2.48. The molecule has 2 fully saturated rings. The van der Waals surface area contributed by atoms with Crippen LogP contribution in [0.25, 0.3) is 0 Å². The van der Waals surface area contributed by atoms with Gasteiger partial charge in [0.2, 0.25) is 5.91 Å². The van der Waals surface area contributed by atoms with Gasteiger partial charge in [-0.05, 0) is 57.0 Å². The second kappa shape index (κ2) is 8.02. The minimum absolute atomic E-state index is 0.287. The Labute approximate surface area is 124 Å². The van der Waals surface area contributed by atoms with Gasteiger partial charge in [-0.1, -0.05) is 33.1 Å². The molecule has 0 aromatic heterocycles. The molecule has 1 heterocycles. The van der Waals surface area contributed by atoms with E-state index >= 15 is 0 Å². The number of amides is 1. The van der Waals surface area contributed by atoms with Gasteiger partial charge in [0.1, 0.15) is 0 Å². The first-order valence-electron chi connectivity index (χ1n) is 8.71. The van der Waals surface area contributed by atoms with Crippen LogP contribution < -0.4 is 10.6 Å². The highest BCUT2D eigenvalue weighted by molar-refractivity contribution is 5.79. The summed E-state index contributed by atoms with van der Waals surface area (Å²) in [5.41, 5.74) is 0. The summed E-state index contributed by atoms with van der Waals surface area (Å²) in [6, 6.07) is 0.390. The number of rotatable bonds is 5. The summed E-state index contributed by atoms with van der Waals surface area (Å²) >= 11 is 0. The normalized spacial score (nSPS) is 34.7. The van der Waals surface area contributed by atoms with Crippen LogP contribution in [-0.2, 0) is 4.79 Å². The highest BCUT2D eigenvalue weighted by Crippen LogP contribution is 2.32. The maximum atomic E-state index is 12.4. The van der Waals surface area contributed by atoms with E-state index in [1.54, 1.807) is 0 Å².